The van der Waals surface area contributed by atoms with Gasteiger partial charge in [-0.3, -0.25) is 0 Å². The predicted molar refractivity (Wildman–Crippen MR) is 81.0 cm³/mol. The minimum atomic E-state index is -4.47. The van der Waals surface area contributed by atoms with Crippen LogP contribution in [-0.4, -0.2) is 23.8 Å². The van der Waals surface area contributed by atoms with Crippen molar-refractivity contribution in [2.24, 2.45) is 0 Å². The van der Waals surface area contributed by atoms with E-state index in [1.54, 1.807) is 24.3 Å². The highest BCUT2D eigenvalue weighted by Gasteiger charge is 2.35. The van der Waals surface area contributed by atoms with Gasteiger partial charge in [-0.15, -0.1) is 0 Å². The number of rotatable bonds is 3. The summed E-state index contributed by atoms with van der Waals surface area (Å²) >= 11 is 0. The second-order valence-electron chi connectivity index (χ2n) is 5.47. The number of halogens is 3. The minimum Gasteiger partial charge on any atom is -0.487 e. The van der Waals surface area contributed by atoms with E-state index in [1.807, 2.05) is 0 Å². The molecule has 0 aliphatic carbocycles. The molecule has 126 valence electrons. The maximum absolute atomic E-state index is 13.3. The second-order valence-corrected chi connectivity index (χ2v) is 5.47. The number of carboxylic acid groups (broad SMARTS) is 1. The summed E-state index contributed by atoms with van der Waals surface area (Å²) in [6.45, 7) is 0.0738. The number of para-hydroxylation sites is 1. The van der Waals surface area contributed by atoms with E-state index < -0.39 is 23.9 Å². The maximum Gasteiger partial charge on any atom is 0.417 e. The zero-order valence-electron chi connectivity index (χ0n) is 12.4. The average Bonchev–Trinajstić information content (AvgIpc) is 2.95. The second kappa shape index (κ2) is 6.07. The predicted octanol–water partition coefficient (Wildman–Crippen LogP) is 3.94. The summed E-state index contributed by atoms with van der Waals surface area (Å²) < 4.78 is 45.5. The lowest BCUT2D eigenvalue weighted by Gasteiger charge is -2.16. The van der Waals surface area contributed by atoms with Crippen LogP contribution >= 0.6 is 0 Å². The molecule has 24 heavy (non-hydrogen) atoms. The Labute approximate surface area is 135 Å². The molecule has 2 aromatic carbocycles. The normalized spacial score (nSPS) is 16.4. The van der Waals surface area contributed by atoms with Crippen LogP contribution in [0.3, 0.4) is 0 Å². The first-order valence-corrected chi connectivity index (χ1v) is 7.28. The zero-order valence-corrected chi connectivity index (χ0v) is 12.4. The topological polar surface area (TPSA) is 58.6 Å². The first-order valence-electron chi connectivity index (χ1n) is 7.28. The Morgan fingerprint density at radius 3 is 2.58 bits per heavy atom. The van der Waals surface area contributed by atoms with E-state index in [2.05, 4.69) is 5.32 Å². The van der Waals surface area contributed by atoms with Crippen molar-refractivity contribution < 1.29 is 27.8 Å². The lowest BCUT2D eigenvalue weighted by atomic mass is 9.96. The average molecular weight is 337 g/mol. The van der Waals surface area contributed by atoms with Crippen LogP contribution in [0.1, 0.15) is 11.1 Å². The van der Waals surface area contributed by atoms with Crippen LogP contribution < -0.4 is 10.1 Å². The first-order chi connectivity index (χ1) is 11.4. The monoisotopic (exact) mass is 337 g/mol. The maximum atomic E-state index is 13.3. The summed E-state index contributed by atoms with van der Waals surface area (Å²) in [5.74, 6) is 0.381. The number of carbonyl (C=O) groups is 1. The van der Waals surface area contributed by atoms with Crippen molar-refractivity contribution in [2.45, 2.75) is 18.7 Å². The van der Waals surface area contributed by atoms with Gasteiger partial charge in [0.2, 0.25) is 0 Å². The van der Waals surface area contributed by atoms with Crippen molar-refractivity contribution in [3.8, 4) is 16.9 Å². The highest BCUT2D eigenvalue weighted by molar-refractivity contribution is 5.76. The minimum absolute atomic E-state index is 0.0497. The molecule has 1 aliphatic rings. The number of ether oxygens (including phenoxy) is 1. The molecular formula is C17H14F3NO3. The van der Waals surface area contributed by atoms with E-state index in [1.165, 1.54) is 12.1 Å². The number of amides is 1. The summed E-state index contributed by atoms with van der Waals surface area (Å²) in [6.07, 6.45) is -5.63. The van der Waals surface area contributed by atoms with Gasteiger partial charge in [-0.2, -0.15) is 13.2 Å². The van der Waals surface area contributed by atoms with Gasteiger partial charge in [-0.05, 0) is 17.2 Å². The molecule has 1 heterocycles. The molecule has 2 N–H and O–H groups in total. The van der Waals surface area contributed by atoms with Gasteiger partial charge in [-0.25, -0.2) is 4.79 Å². The summed E-state index contributed by atoms with van der Waals surface area (Å²) in [7, 11) is 0. The van der Waals surface area contributed by atoms with Crippen LogP contribution in [0.15, 0.2) is 42.5 Å². The van der Waals surface area contributed by atoms with E-state index in [4.69, 9.17) is 9.84 Å². The van der Waals surface area contributed by atoms with Gasteiger partial charge in [0.15, 0.2) is 0 Å². The Bertz CT molecular complexity index is 774. The first kappa shape index (κ1) is 16.2. The van der Waals surface area contributed by atoms with Crippen LogP contribution in [0.25, 0.3) is 11.1 Å². The number of alkyl halides is 3. The highest BCUT2D eigenvalue weighted by Crippen LogP contribution is 2.43. The molecule has 1 aliphatic heterocycles. The molecule has 0 radical (unpaired) electrons. The molecule has 0 saturated carbocycles. The van der Waals surface area contributed by atoms with Crippen molar-refractivity contribution in [2.75, 3.05) is 6.54 Å². The standard InChI is InChI=1S/C17H14F3NO3/c18-17(19,20)14-7-2-1-5-12(14)13-6-3-4-10-8-11(24-15(10)13)9-21-16(22)23/h1-7,11,21H,8-9H2,(H,22,23). The molecule has 3 rings (SSSR count). The van der Waals surface area contributed by atoms with Crippen molar-refractivity contribution >= 4 is 6.09 Å². The molecule has 1 amide bonds. The molecule has 1 unspecified atom stereocenters. The van der Waals surface area contributed by atoms with Gasteiger partial charge in [-0.1, -0.05) is 36.4 Å². The quantitative estimate of drug-likeness (QED) is 0.892. The lowest BCUT2D eigenvalue weighted by Crippen LogP contribution is -2.33. The van der Waals surface area contributed by atoms with Gasteiger partial charge in [0.05, 0.1) is 12.1 Å². The SMILES string of the molecule is O=C(O)NCC1Cc2cccc(-c3ccccc3C(F)(F)F)c2O1. The van der Waals surface area contributed by atoms with Gasteiger partial charge in [0.25, 0.3) is 0 Å². The van der Waals surface area contributed by atoms with Crippen molar-refractivity contribution in [3.05, 3.63) is 53.6 Å². The Balaban J connectivity index is 1.97. The summed E-state index contributed by atoms with van der Waals surface area (Å²) in [5.41, 5.74) is 0.447. The number of fused-ring (bicyclic) bond motifs is 1. The van der Waals surface area contributed by atoms with E-state index in [-0.39, 0.29) is 12.1 Å². The molecule has 0 saturated heterocycles. The van der Waals surface area contributed by atoms with Crippen molar-refractivity contribution in [1.82, 2.24) is 5.32 Å². The smallest absolute Gasteiger partial charge is 0.417 e. The Morgan fingerprint density at radius 1 is 1.17 bits per heavy atom. The molecular weight excluding hydrogens is 323 g/mol. The number of hydrogen-bond acceptors (Lipinski definition) is 2. The molecule has 1 atom stereocenters. The number of nitrogens with one attached hydrogen (secondary N) is 1. The summed E-state index contributed by atoms with van der Waals surface area (Å²) in [5, 5.41) is 10.9. The Kier molecular flexibility index (Phi) is 4.09. The third-order valence-electron chi connectivity index (χ3n) is 3.83. The summed E-state index contributed by atoms with van der Waals surface area (Å²) in [6, 6.07) is 10.4. The van der Waals surface area contributed by atoms with E-state index >= 15 is 0 Å². The third kappa shape index (κ3) is 3.15. The van der Waals surface area contributed by atoms with Crippen LogP contribution in [0, 0.1) is 0 Å². The van der Waals surface area contributed by atoms with Crippen LogP contribution in [0.4, 0.5) is 18.0 Å². The third-order valence-corrected chi connectivity index (χ3v) is 3.83. The van der Waals surface area contributed by atoms with Gasteiger partial charge in [0, 0.05) is 12.0 Å². The van der Waals surface area contributed by atoms with E-state index in [0.29, 0.717) is 17.7 Å². The largest absolute Gasteiger partial charge is 0.487 e. The van der Waals surface area contributed by atoms with Crippen LogP contribution in [0.2, 0.25) is 0 Å². The fourth-order valence-corrected chi connectivity index (χ4v) is 2.83. The Hall–Kier alpha value is -2.70. The van der Waals surface area contributed by atoms with Crippen molar-refractivity contribution in [1.29, 1.82) is 0 Å². The number of benzene rings is 2. The van der Waals surface area contributed by atoms with Crippen LogP contribution in [-0.2, 0) is 12.6 Å². The fourth-order valence-electron chi connectivity index (χ4n) is 2.83. The fraction of sp³-hybridized carbons (Fsp3) is 0.235. The number of hydrogen-bond donors (Lipinski definition) is 2. The highest BCUT2D eigenvalue weighted by atomic mass is 19.4. The lowest BCUT2D eigenvalue weighted by molar-refractivity contribution is -0.137. The Morgan fingerprint density at radius 2 is 1.88 bits per heavy atom. The zero-order chi connectivity index (χ0) is 17.3. The molecule has 0 aromatic heterocycles. The van der Waals surface area contributed by atoms with E-state index in [0.717, 1.165) is 11.6 Å². The van der Waals surface area contributed by atoms with Gasteiger partial charge < -0.3 is 15.2 Å². The van der Waals surface area contributed by atoms with Gasteiger partial charge >= 0.3 is 12.3 Å². The molecule has 4 nitrogen and oxygen atoms in total. The molecule has 0 spiro atoms. The molecule has 0 fully saturated rings. The molecule has 7 heteroatoms. The van der Waals surface area contributed by atoms with E-state index in [9.17, 15) is 18.0 Å². The molecule has 2 aromatic rings. The van der Waals surface area contributed by atoms with Gasteiger partial charge in [0.1, 0.15) is 11.9 Å². The van der Waals surface area contributed by atoms with Crippen molar-refractivity contribution in [3.63, 3.8) is 0 Å². The molecule has 0 bridgehead atoms. The summed E-state index contributed by atoms with van der Waals surface area (Å²) in [4.78, 5) is 10.6. The van der Waals surface area contributed by atoms with Crippen LogP contribution in [0.5, 0.6) is 5.75 Å².